The van der Waals surface area contributed by atoms with Gasteiger partial charge in [-0.2, -0.15) is 0 Å². The summed E-state index contributed by atoms with van der Waals surface area (Å²) in [6.45, 7) is 8.40. The van der Waals surface area contributed by atoms with E-state index in [0.29, 0.717) is 12.0 Å². The molecule has 0 unspecified atom stereocenters. The van der Waals surface area contributed by atoms with Crippen LogP contribution >= 0.6 is 24.8 Å². The van der Waals surface area contributed by atoms with Gasteiger partial charge in [-0.15, -0.1) is 24.8 Å². The van der Waals surface area contributed by atoms with E-state index in [9.17, 15) is 0 Å². The number of rotatable bonds is 4. The van der Waals surface area contributed by atoms with Crippen molar-refractivity contribution in [2.75, 3.05) is 46.5 Å². The molecule has 1 aromatic rings. The summed E-state index contributed by atoms with van der Waals surface area (Å²) in [6.07, 6.45) is 2.33. The first-order valence-corrected chi connectivity index (χ1v) is 8.46. The first-order valence-electron chi connectivity index (χ1n) is 8.46. The van der Waals surface area contributed by atoms with Gasteiger partial charge in [0.25, 0.3) is 0 Å². The Kier molecular flexibility index (Phi) is 9.39. The fourth-order valence-corrected chi connectivity index (χ4v) is 3.86. The van der Waals surface area contributed by atoms with Crippen molar-refractivity contribution >= 4 is 24.8 Å². The Morgan fingerprint density at radius 3 is 2.42 bits per heavy atom. The van der Waals surface area contributed by atoms with Crippen LogP contribution in [0.1, 0.15) is 30.0 Å². The lowest BCUT2D eigenvalue weighted by Gasteiger charge is -2.41. The molecule has 4 nitrogen and oxygen atoms in total. The summed E-state index contributed by atoms with van der Waals surface area (Å²) in [7, 11) is 1.74. The molecule has 1 aromatic carbocycles. The average molecular weight is 377 g/mol. The number of aryl methyl sites for hydroxylation is 1. The summed E-state index contributed by atoms with van der Waals surface area (Å²) in [5, 5.41) is 3.47. The predicted octanol–water partition coefficient (Wildman–Crippen LogP) is 3.22. The van der Waals surface area contributed by atoms with E-state index in [1.54, 1.807) is 7.11 Å². The van der Waals surface area contributed by atoms with Crippen LogP contribution in [-0.4, -0.2) is 51.4 Å². The van der Waals surface area contributed by atoms with Gasteiger partial charge in [0.1, 0.15) is 5.75 Å². The molecular weight excluding hydrogens is 347 g/mol. The minimum Gasteiger partial charge on any atom is -0.496 e. The first kappa shape index (κ1) is 21.5. The van der Waals surface area contributed by atoms with Gasteiger partial charge < -0.3 is 14.8 Å². The number of piperazine rings is 1. The summed E-state index contributed by atoms with van der Waals surface area (Å²) < 4.78 is 11.0. The molecule has 2 saturated heterocycles. The maximum absolute atomic E-state index is 5.58. The Labute approximate surface area is 158 Å². The second kappa shape index (κ2) is 10.5. The van der Waals surface area contributed by atoms with Crippen LogP contribution in [0.2, 0.25) is 0 Å². The first-order chi connectivity index (χ1) is 10.8. The molecular formula is C18H30Cl2N2O2. The van der Waals surface area contributed by atoms with E-state index >= 15 is 0 Å². The fourth-order valence-electron chi connectivity index (χ4n) is 3.86. The van der Waals surface area contributed by atoms with Crippen molar-refractivity contribution in [1.82, 2.24) is 10.2 Å². The van der Waals surface area contributed by atoms with Gasteiger partial charge in [-0.05, 0) is 42.9 Å². The highest BCUT2D eigenvalue weighted by atomic mass is 35.5. The Balaban J connectivity index is 0.00000144. The van der Waals surface area contributed by atoms with Crippen LogP contribution in [0, 0.1) is 12.8 Å². The van der Waals surface area contributed by atoms with Gasteiger partial charge in [-0.1, -0.05) is 12.1 Å². The molecule has 0 saturated carbocycles. The molecule has 0 aliphatic carbocycles. The van der Waals surface area contributed by atoms with E-state index in [2.05, 4.69) is 35.3 Å². The third-order valence-corrected chi connectivity index (χ3v) is 5.02. The highest BCUT2D eigenvalue weighted by Crippen LogP contribution is 2.36. The molecule has 0 radical (unpaired) electrons. The minimum atomic E-state index is 0. The molecule has 6 heteroatoms. The van der Waals surface area contributed by atoms with Crippen molar-refractivity contribution in [3.8, 4) is 5.75 Å². The van der Waals surface area contributed by atoms with Crippen LogP contribution in [0.25, 0.3) is 0 Å². The molecule has 2 fully saturated rings. The van der Waals surface area contributed by atoms with Crippen LogP contribution in [-0.2, 0) is 4.74 Å². The third-order valence-electron chi connectivity index (χ3n) is 5.02. The molecule has 3 rings (SSSR count). The van der Waals surface area contributed by atoms with Gasteiger partial charge in [0.05, 0.1) is 7.11 Å². The Morgan fingerprint density at radius 2 is 1.83 bits per heavy atom. The van der Waals surface area contributed by atoms with E-state index < -0.39 is 0 Å². The number of nitrogens with zero attached hydrogens (tertiary/aromatic N) is 1. The van der Waals surface area contributed by atoms with Crippen molar-refractivity contribution < 1.29 is 9.47 Å². The molecule has 0 bridgehead atoms. The van der Waals surface area contributed by atoms with Crippen LogP contribution in [0.3, 0.4) is 0 Å². The number of ether oxygens (including phenoxy) is 2. The molecule has 0 amide bonds. The lowest BCUT2D eigenvalue weighted by atomic mass is 9.85. The van der Waals surface area contributed by atoms with Crippen molar-refractivity contribution in [2.24, 2.45) is 5.92 Å². The minimum absolute atomic E-state index is 0. The average Bonchev–Trinajstić information content (AvgIpc) is 2.57. The quantitative estimate of drug-likeness (QED) is 0.874. The number of hydrogen-bond acceptors (Lipinski definition) is 4. The number of methoxy groups -OCH3 is 1. The summed E-state index contributed by atoms with van der Waals surface area (Å²) in [4.78, 5) is 2.66. The van der Waals surface area contributed by atoms with E-state index in [-0.39, 0.29) is 24.8 Å². The Hall–Kier alpha value is -0.520. The number of benzene rings is 1. The topological polar surface area (TPSA) is 33.7 Å². The van der Waals surface area contributed by atoms with Crippen molar-refractivity contribution in [3.05, 3.63) is 29.3 Å². The van der Waals surface area contributed by atoms with Crippen LogP contribution in [0.5, 0.6) is 5.75 Å². The lowest BCUT2D eigenvalue weighted by Crippen LogP contribution is -2.47. The molecule has 2 aliphatic rings. The van der Waals surface area contributed by atoms with Crippen molar-refractivity contribution in [3.63, 3.8) is 0 Å². The van der Waals surface area contributed by atoms with Gasteiger partial charge in [0, 0.05) is 45.4 Å². The Bertz CT molecular complexity index is 472. The molecule has 2 heterocycles. The van der Waals surface area contributed by atoms with Crippen LogP contribution in [0.4, 0.5) is 0 Å². The highest BCUT2D eigenvalue weighted by Gasteiger charge is 2.31. The smallest absolute Gasteiger partial charge is 0.121 e. The zero-order valence-corrected chi connectivity index (χ0v) is 16.3. The lowest BCUT2D eigenvalue weighted by molar-refractivity contribution is 0.0213. The van der Waals surface area contributed by atoms with E-state index in [0.717, 1.165) is 45.1 Å². The molecule has 1 N–H and O–H groups in total. The summed E-state index contributed by atoms with van der Waals surface area (Å²) in [5.74, 6) is 1.68. The Morgan fingerprint density at radius 1 is 1.17 bits per heavy atom. The molecule has 1 atom stereocenters. The van der Waals surface area contributed by atoms with Crippen LogP contribution in [0.15, 0.2) is 18.2 Å². The largest absolute Gasteiger partial charge is 0.496 e. The number of halogens is 2. The van der Waals surface area contributed by atoms with E-state index in [1.165, 1.54) is 24.0 Å². The second-order valence-corrected chi connectivity index (χ2v) is 6.41. The normalized spacial score (nSPS) is 20.6. The zero-order valence-electron chi connectivity index (χ0n) is 14.6. The molecule has 0 spiro atoms. The predicted molar refractivity (Wildman–Crippen MR) is 103 cm³/mol. The second-order valence-electron chi connectivity index (χ2n) is 6.41. The summed E-state index contributed by atoms with van der Waals surface area (Å²) in [5.41, 5.74) is 2.67. The van der Waals surface area contributed by atoms with Crippen molar-refractivity contribution in [1.29, 1.82) is 0 Å². The van der Waals surface area contributed by atoms with Gasteiger partial charge >= 0.3 is 0 Å². The van der Waals surface area contributed by atoms with Crippen molar-refractivity contribution in [2.45, 2.75) is 25.8 Å². The maximum atomic E-state index is 5.58. The van der Waals surface area contributed by atoms with Gasteiger partial charge in [-0.3, -0.25) is 4.90 Å². The standard InChI is InChI=1S/C18H28N2O2.2ClH/c1-14-13-16(3-4-17(14)21-2)18(15-5-11-22-12-6-15)20-9-7-19-8-10-20;;/h3-4,13,15,18-19H,5-12H2,1-2H3;2*1H/t18-;;/m0../s1. The summed E-state index contributed by atoms with van der Waals surface area (Å²) in [6, 6.07) is 7.21. The van der Waals surface area contributed by atoms with Gasteiger partial charge in [0.2, 0.25) is 0 Å². The van der Waals surface area contributed by atoms with Gasteiger partial charge in [-0.25, -0.2) is 0 Å². The zero-order chi connectivity index (χ0) is 15.4. The SMILES string of the molecule is COc1ccc([C@H](C2CCOCC2)N2CCNCC2)cc1C.Cl.Cl. The number of nitrogens with one attached hydrogen (secondary N) is 1. The van der Waals surface area contributed by atoms with E-state index in [4.69, 9.17) is 9.47 Å². The highest BCUT2D eigenvalue weighted by molar-refractivity contribution is 5.85. The number of hydrogen-bond donors (Lipinski definition) is 1. The third kappa shape index (κ3) is 4.99. The molecule has 0 aromatic heterocycles. The summed E-state index contributed by atoms with van der Waals surface area (Å²) >= 11 is 0. The van der Waals surface area contributed by atoms with E-state index in [1.807, 2.05) is 0 Å². The van der Waals surface area contributed by atoms with Gasteiger partial charge in [0.15, 0.2) is 0 Å². The fraction of sp³-hybridized carbons (Fsp3) is 0.667. The van der Waals surface area contributed by atoms with Crippen LogP contribution < -0.4 is 10.1 Å². The molecule has 138 valence electrons. The monoisotopic (exact) mass is 376 g/mol. The molecule has 2 aliphatic heterocycles. The maximum Gasteiger partial charge on any atom is 0.121 e. The molecule has 24 heavy (non-hydrogen) atoms.